The van der Waals surface area contributed by atoms with Gasteiger partial charge in [-0.05, 0) is 43.6 Å². The summed E-state index contributed by atoms with van der Waals surface area (Å²) in [5.74, 6) is 2.39. The Kier molecular flexibility index (Phi) is 6.06. The van der Waals surface area contributed by atoms with Gasteiger partial charge in [0.25, 0.3) is 0 Å². The lowest BCUT2D eigenvalue weighted by Gasteiger charge is -2.32. The number of nitrogens with zero attached hydrogens (tertiary/aromatic N) is 2. The summed E-state index contributed by atoms with van der Waals surface area (Å²) < 4.78 is 18.2. The normalized spacial score (nSPS) is 22.9. The van der Waals surface area contributed by atoms with Crippen LogP contribution in [0.3, 0.4) is 0 Å². The summed E-state index contributed by atoms with van der Waals surface area (Å²) in [4.78, 5) is 5.13. The van der Waals surface area contributed by atoms with Gasteiger partial charge in [0.15, 0.2) is 11.5 Å². The molecule has 160 valence electrons. The first kappa shape index (κ1) is 19.7. The molecule has 2 fully saturated rings. The maximum Gasteiger partial charge on any atom is 0.165 e. The molecule has 30 heavy (non-hydrogen) atoms. The van der Waals surface area contributed by atoms with E-state index in [0.717, 1.165) is 68.2 Å². The second-order valence-corrected chi connectivity index (χ2v) is 8.45. The van der Waals surface area contributed by atoms with Crippen LogP contribution in [-0.4, -0.2) is 67.9 Å². The minimum Gasteiger partial charge on any atom is -0.489 e. The van der Waals surface area contributed by atoms with Gasteiger partial charge < -0.3 is 19.5 Å². The van der Waals surface area contributed by atoms with Gasteiger partial charge in [0.2, 0.25) is 0 Å². The van der Waals surface area contributed by atoms with Crippen LogP contribution in [0.15, 0.2) is 48.5 Å². The van der Waals surface area contributed by atoms with Crippen molar-refractivity contribution in [1.29, 1.82) is 0 Å². The fraction of sp³-hybridized carbons (Fsp3) is 0.500. The quantitative estimate of drug-likeness (QED) is 0.792. The van der Waals surface area contributed by atoms with Crippen LogP contribution >= 0.6 is 0 Å². The Balaban J connectivity index is 1.15. The molecule has 0 amide bonds. The molecule has 3 heterocycles. The molecular formula is C24H31N3O3. The first-order chi connectivity index (χ1) is 14.8. The molecule has 0 saturated carbocycles. The average Bonchev–Trinajstić information content (AvgIpc) is 3.27. The van der Waals surface area contributed by atoms with E-state index in [1.165, 1.54) is 12.8 Å². The van der Waals surface area contributed by atoms with E-state index in [1.54, 1.807) is 0 Å². The molecule has 0 radical (unpaired) electrons. The van der Waals surface area contributed by atoms with Gasteiger partial charge in [-0.1, -0.05) is 30.3 Å². The van der Waals surface area contributed by atoms with Crippen molar-refractivity contribution in [3.63, 3.8) is 0 Å². The molecule has 0 aromatic heterocycles. The van der Waals surface area contributed by atoms with Crippen molar-refractivity contribution < 1.29 is 14.2 Å². The number of benzene rings is 2. The number of rotatable bonds is 6. The Morgan fingerprint density at radius 2 is 1.87 bits per heavy atom. The maximum absolute atomic E-state index is 6.29. The summed E-state index contributed by atoms with van der Waals surface area (Å²) >= 11 is 0. The lowest BCUT2D eigenvalue weighted by molar-refractivity contribution is 0.0565. The zero-order valence-corrected chi connectivity index (χ0v) is 17.5. The van der Waals surface area contributed by atoms with Crippen molar-refractivity contribution in [1.82, 2.24) is 15.1 Å². The number of ether oxygens (including phenoxy) is 3. The molecule has 0 bridgehead atoms. The Morgan fingerprint density at radius 3 is 2.73 bits per heavy atom. The molecule has 0 spiro atoms. The molecule has 6 nitrogen and oxygen atoms in total. The molecular weight excluding hydrogens is 378 g/mol. The molecule has 6 heteroatoms. The molecule has 2 aromatic rings. The van der Waals surface area contributed by atoms with Crippen LogP contribution in [-0.2, 0) is 6.61 Å². The Hall–Kier alpha value is -2.28. The molecule has 5 rings (SSSR count). The highest BCUT2D eigenvalue weighted by atomic mass is 16.6. The average molecular weight is 410 g/mol. The Bertz CT molecular complexity index is 826. The SMILES string of the molecule is c1ccc(COc2ccc3c(c2)OC(CN2CCN(C4CCNCC4)C2)CO3)cc1. The number of hydrogen-bond donors (Lipinski definition) is 1. The van der Waals surface area contributed by atoms with E-state index in [4.69, 9.17) is 14.2 Å². The van der Waals surface area contributed by atoms with E-state index >= 15 is 0 Å². The first-order valence-corrected chi connectivity index (χ1v) is 11.1. The summed E-state index contributed by atoms with van der Waals surface area (Å²) in [6.07, 6.45) is 2.57. The molecule has 2 saturated heterocycles. The molecule has 0 aliphatic carbocycles. The molecule has 1 N–H and O–H groups in total. The van der Waals surface area contributed by atoms with Crippen molar-refractivity contribution in [2.75, 3.05) is 46.0 Å². The van der Waals surface area contributed by atoms with Crippen molar-refractivity contribution in [3.05, 3.63) is 54.1 Å². The highest BCUT2D eigenvalue weighted by Crippen LogP contribution is 2.35. The first-order valence-electron chi connectivity index (χ1n) is 11.1. The highest BCUT2D eigenvalue weighted by molar-refractivity contribution is 5.46. The Morgan fingerprint density at radius 1 is 1.00 bits per heavy atom. The van der Waals surface area contributed by atoms with Gasteiger partial charge in [0.1, 0.15) is 25.1 Å². The van der Waals surface area contributed by atoms with Gasteiger partial charge in [0, 0.05) is 31.7 Å². The van der Waals surface area contributed by atoms with E-state index in [0.29, 0.717) is 13.2 Å². The largest absolute Gasteiger partial charge is 0.489 e. The standard InChI is InChI=1S/C24H31N3O3/c1-2-4-19(5-3-1)16-28-21-6-7-23-24(14-21)30-22(17-29-23)15-26-12-13-27(18-26)20-8-10-25-11-9-20/h1-7,14,20,22,25H,8-13,15-18H2. The minimum atomic E-state index is 0.0508. The van der Waals surface area contributed by atoms with E-state index in [9.17, 15) is 0 Å². The number of hydrogen-bond acceptors (Lipinski definition) is 6. The topological polar surface area (TPSA) is 46.2 Å². The van der Waals surface area contributed by atoms with Crippen LogP contribution in [0.2, 0.25) is 0 Å². The van der Waals surface area contributed by atoms with Crippen molar-refractivity contribution in [2.24, 2.45) is 0 Å². The zero-order valence-electron chi connectivity index (χ0n) is 17.5. The van der Waals surface area contributed by atoms with Gasteiger partial charge >= 0.3 is 0 Å². The summed E-state index contributed by atoms with van der Waals surface area (Å²) in [7, 11) is 0. The summed E-state index contributed by atoms with van der Waals surface area (Å²) in [5, 5.41) is 3.46. The van der Waals surface area contributed by atoms with Gasteiger partial charge in [-0.2, -0.15) is 0 Å². The number of piperidine rings is 1. The van der Waals surface area contributed by atoms with Gasteiger partial charge in [-0.3, -0.25) is 9.80 Å². The van der Waals surface area contributed by atoms with Gasteiger partial charge in [-0.25, -0.2) is 0 Å². The highest BCUT2D eigenvalue weighted by Gasteiger charge is 2.30. The Labute approximate surface area is 178 Å². The number of fused-ring (bicyclic) bond motifs is 1. The predicted molar refractivity (Wildman–Crippen MR) is 116 cm³/mol. The molecule has 1 unspecified atom stereocenters. The monoisotopic (exact) mass is 409 g/mol. The summed E-state index contributed by atoms with van der Waals surface area (Å²) in [6, 6.07) is 16.8. The predicted octanol–water partition coefficient (Wildman–Crippen LogP) is 2.73. The van der Waals surface area contributed by atoms with Crippen LogP contribution < -0.4 is 19.5 Å². The summed E-state index contributed by atoms with van der Waals surface area (Å²) in [5.41, 5.74) is 1.15. The molecule has 3 aliphatic heterocycles. The fourth-order valence-corrected chi connectivity index (χ4v) is 4.59. The summed E-state index contributed by atoms with van der Waals surface area (Å²) in [6.45, 7) is 7.64. The van der Waals surface area contributed by atoms with Crippen LogP contribution in [0.25, 0.3) is 0 Å². The van der Waals surface area contributed by atoms with Gasteiger partial charge in [0.05, 0.1) is 6.67 Å². The smallest absolute Gasteiger partial charge is 0.165 e. The third kappa shape index (κ3) is 4.72. The lowest BCUT2D eigenvalue weighted by Crippen LogP contribution is -2.44. The van der Waals surface area contributed by atoms with Crippen LogP contribution in [0, 0.1) is 0 Å². The second kappa shape index (κ2) is 9.25. The van der Waals surface area contributed by atoms with E-state index in [2.05, 4.69) is 27.2 Å². The van der Waals surface area contributed by atoms with Crippen molar-refractivity contribution in [3.8, 4) is 17.2 Å². The second-order valence-electron chi connectivity index (χ2n) is 8.45. The van der Waals surface area contributed by atoms with E-state index < -0.39 is 0 Å². The van der Waals surface area contributed by atoms with E-state index in [-0.39, 0.29) is 6.10 Å². The fourth-order valence-electron chi connectivity index (χ4n) is 4.59. The van der Waals surface area contributed by atoms with Crippen molar-refractivity contribution in [2.45, 2.75) is 31.6 Å². The number of nitrogens with one attached hydrogen (secondary N) is 1. The minimum absolute atomic E-state index is 0.0508. The van der Waals surface area contributed by atoms with E-state index in [1.807, 2.05) is 36.4 Å². The molecule has 3 aliphatic rings. The van der Waals surface area contributed by atoms with Gasteiger partial charge in [-0.15, -0.1) is 0 Å². The lowest BCUT2D eigenvalue weighted by atomic mass is 10.1. The van der Waals surface area contributed by atoms with Crippen LogP contribution in [0.1, 0.15) is 18.4 Å². The zero-order chi connectivity index (χ0) is 20.2. The van der Waals surface area contributed by atoms with Crippen LogP contribution in [0.4, 0.5) is 0 Å². The molecule has 1 atom stereocenters. The van der Waals surface area contributed by atoms with Crippen molar-refractivity contribution >= 4 is 0 Å². The molecule has 2 aromatic carbocycles. The third-order valence-electron chi connectivity index (χ3n) is 6.25. The van der Waals surface area contributed by atoms with Crippen LogP contribution in [0.5, 0.6) is 17.2 Å². The third-order valence-corrected chi connectivity index (χ3v) is 6.25. The maximum atomic E-state index is 6.29.